The lowest BCUT2D eigenvalue weighted by atomic mass is 10.0. The van der Waals surface area contributed by atoms with Crippen molar-refractivity contribution in [3.8, 4) is 11.5 Å². The second kappa shape index (κ2) is 3.89. The smallest absolute Gasteiger partial charge is 0.164 e. The van der Waals surface area contributed by atoms with Crippen LogP contribution in [0.1, 0.15) is 18.4 Å². The first kappa shape index (κ1) is 11.7. The zero-order chi connectivity index (χ0) is 11.9. The Morgan fingerprint density at radius 1 is 1.56 bits per heavy atom. The Kier molecular flexibility index (Phi) is 2.84. The Morgan fingerprint density at radius 2 is 2.19 bits per heavy atom. The van der Waals surface area contributed by atoms with Crippen molar-refractivity contribution < 1.29 is 19.3 Å². The van der Waals surface area contributed by atoms with Gasteiger partial charge in [0.25, 0.3) is 0 Å². The summed E-state index contributed by atoms with van der Waals surface area (Å²) >= 11 is 3.05. The highest BCUT2D eigenvalue weighted by Crippen LogP contribution is 2.44. The summed E-state index contributed by atoms with van der Waals surface area (Å²) in [6.45, 7) is 0. The molecule has 1 aliphatic carbocycles. The summed E-state index contributed by atoms with van der Waals surface area (Å²) in [6.07, 6.45) is 1.39. The van der Waals surface area contributed by atoms with Gasteiger partial charge in [-0.2, -0.15) is 0 Å². The number of methoxy groups -OCH3 is 1. The van der Waals surface area contributed by atoms with E-state index in [0.29, 0.717) is 12.8 Å². The molecule has 0 aliphatic heterocycles. The Hall–Kier alpha value is -0.810. The summed E-state index contributed by atoms with van der Waals surface area (Å²) in [4.78, 5) is 0. The van der Waals surface area contributed by atoms with E-state index in [1.165, 1.54) is 13.2 Å². The quantitative estimate of drug-likeness (QED) is 0.899. The molecule has 0 aromatic heterocycles. The third-order valence-electron chi connectivity index (χ3n) is 2.80. The number of hydrogen-bond donors (Lipinski definition) is 2. The second-order valence-electron chi connectivity index (χ2n) is 4.10. The predicted octanol–water partition coefficient (Wildman–Crippen LogP) is 2.37. The molecule has 3 nitrogen and oxygen atoms in total. The normalized spacial score (nSPS) is 17.2. The lowest BCUT2D eigenvalue weighted by Crippen LogP contribution is -2.12. The lowest BCUT2D eigenvalue weighted by molar-refractivity contribution is 0.148. The van der Waals surface area contributed by atoms with E-state index in [9.17, 15) is 14.6 Å². The minimum absolute atomic E-state index is 0.103. The summed E-state index contributed by atoms with van der Waals surface area (Å²) < 4.78 is 18.9. The van der Waals surface area contributed by atoms with Gasteiger partial charge in [-0.1, -0.05) is 0 Å². The number of hydrogen-bond acceptors (Lipinski definition) is 3. The van der Waals surface area contributed by atoms with Gasteiger partial charge in [0.05, 0.1) is 17.2 Å². The summed E-state index contributed by atoms with van der Waals surface area (Å²) in [5.74, 6) is -0.574. The fourth-order valence-corrected chi connectivity index (χ4v) is 2.06. The van der Waals surface area contributed by atoms with Crippen molar-refractivity contribution in [2.45, 2.75) is 24.9 Å². The van der Waals surface area contributed by atoms with Crippen molar-refractivity contribution in [1.29, 1.82) is 0 Å². The van der Waals surface area contributed by atoms with Crippen LogP contribution in [0.5, 0.6) is 11.5 Å². The SMILES string of the molecule is COc1cc(Br)c(F)c(CC2(O)CC2)c1O. The summed E-state index contributed by atoms with van der Waals surface area (Å²) in [5, 5.41) is 19.5. The number of phenolic OH excluding ortho intramolecular Hbond substituents is 1. The number of halogens is 2. The van der Waals surface area contributed by atoms with E-state index in [4.69, 9.17) is 4.74 Å². The van der Waals surface area contributed by atoms with E-state index in [2.05, 4.69) is 15.9 Å². The van der Waals surface area contributed by atoms with E-state index in [1.807, 2.05) is 0 Å². The molecule has 2 N–H and O–H groups in total. The number of phenols is 1. The van der Waals surface area contributed by atoms with Gasteiger partial charge in [0.1, 0.15) is 5.82 Å². The van der Waals surface area contributed by atoms with Crippen LogP contribution in [0.4, 0.5) is 4.39 Å². The van der Waals surface area contributed by atoms with Crippen LogP contribution in [0.3, 0.4) is 0 Å². The molecule has 88 valence electrons. The summed E-state index contributed by atoms with van der Waals surface area (Å²) in [6, 6.07) is 1.37. The van der Waals surface area contributed by atoms with Crippen LogP contribution >= 0.6 is 15.9 Å². The Labute approximate surface area is 101 Å². The highest BCUT2D eigenvalue weighted by molar-refractivity contribution is 9.10. The molecule has 0 atom stereocenters. The monoisotopic (exact) mass is 290 g/mol. The van der Waals surface area contributed by atoms with Crippen LogP contribution in [0.2, 0.25) is 0 Å². The zero-order valence-corrected chi connectivity index (χ0v) is 10.3. The van der Waals surface area contributed by atoms with Crippen LogP contribution in [0.15, 0.2) is 10.5 Å². The zero-order valence-electron chi connectivity index (χ0n) is 8.76. The van der Waals surface area contributed by atoms with Gasteiger partial charge >= 0.3 is 0 Å². The lowest BCUT2D eigenvalue weighted by Gasteiger charge is -2.14. The van der Waals surface area contributed by atoms with Gasteiger partial charge in [0, 0.05) is 18.1 Å². The van der Waals surface area contributed by atoms with Gasteiger partial charge in [-0.05, 0) is 28.8 Å². The first-order valence-corrected chi connectivity index (χ1v) is 5.72. The topological polar surface area (TPSA) is 49.7 Å². The molecule has 0 spiro atoms. The molecular weight excluding hydrogens is 279 g/mol. The Morgan fingerprint density at radius 3 is 2.69 bits per heavy atom. The number of rotatable bonds is 3. The van der Waals surface area contributed by atoms with Crippen molar-refractivity contribution >= 4 is 15.9 Å². The maximum Gasteiger partial charge on any atom is 0.164 e. The third kappa shape index (κ3) is 2.01. The molecule has 1 aliphatic rings. The van der Waals surface area contributed by atoms with Gasteiger partial charge in [0.15, 0.2) is 11.5 Å². The highest BCUT2D eigenvalue weighted by Gasteiger charge is 2.42. The molecule has 1 fully saturated rings. The van der Waals surface area contributed by atoms with Crippen molar-refractivity contribution in [3.05, 3.63) is 21.9 Å². The average molecular weight is 291 g/mol. The Bertz CT molecular complexity index is 430. The van der Waals surface area contributed by atoms with Crippen molar-refractivity contribution in [1.82, 2.24) is 0 Å². The molecule has 1 aromatic rings. The van der Waals surface area contributed by atoms with Crippen molar-refractivity contribution in [2.75, 3.05) is 7.11 Å². The number of aliphatic hydroxyl groups is 1. The molecule has 16 heavy (non-hydrogen) atoms. The second-order valence-corrected chi connectivity index (χ2v) is 4.96. The number of aromatic hydroxyl groups is 1. The van der Waals surface area contributed by atoms with Gasteiger partial charge < -0.3 is 14.9 Å². The Balaban J connectivity index is 2.44. The standard InChI is InChI=1S/C11H12BrFO3/c1-16-8-4-7(12)9(13)6(10(8)14)5-11(15)2-3-11/h4,14-15H,2-3,5H2,1H3. The van der Waals surface area contributed by atoms with E-state index in [0.717, 1.165) is 0 Å². The van der Waals surface area contributed by atoms with Crippen LogP contribution < -0.4 is 4.74 Å². The van der Waals surface area contributed by atoms with Gasteiger partial charge in [0.2, 0.25) is 0 Å². The molecule has 0 saturated heterocycles. The van der Waals surface area contributed by atoms with Crippen LogP contribution in [-0.4, -0.2) is 22.9 Å². The minimum atomic E-state index is -0.857. The molecule has 5 heteroatoms. The van der Waals surface area contributed by atoms with Crippen LogP contribution in [-0.2, 0) is 6.42 Å². The van der Waals surface area contributed by atoms with E-state index in [-0.39, 0.29) is 28.0 Å². The number of ether oxygens (including phenoxy) is 1. The van der Waals surface area contributed by atoms with Crippen molar-refractivity contribution in [2.24, 2.45) is 0 Å². The molecule has 0 radical (unpaired) electrons. The van der Waals surface area contributed by atoms with E-state index < -0.39 is 11.4 Å². The van der Waals surface area contributed by atoms with E-state index >= 15 is 0 Å². The summed E-state index contributed by atoms with van der Waals surface area (Å²) in [5.41, 5.74) is -0.754. The number of benzene rings is 1. The summed E-state index contributed by atoms with van der Waals surface area (Å²) in [7, 11) is 1.40. The first-order valence-electron chi connectivity index (χ1n) is 4.93. The maximum absolute atomic E-state index is 13.8. The molecule has 1 aromatic carbocycles. The fourth-order valence-electron chi connectivity index (χ4n) is 1.61. The minimum Gasteiger partial charge on any atom is -0.504 e. The molecule has 0 unspecified atom stereocenters. The van der Waals surface area contributed by atoms with Crippen LogP contribution in [0, 0.1) is 5.82 Å². The molecule has 0 bridgehead atoms. The van der Waals surface area contributed by atoms with Gasteiger partial charge in [-0.25, -0.2) is 4.39 Å². The molecule has 1 saturated carbocycles. The fraction of sp³-hybridized carbons (Fsp3) is 0.455. The molecule has 2 rings (SSSR count). The van der Waals surface area contributed by atoms with Gasteiger partial charge in [-0.15, -0.1) is 0 Å². The highest BCUT2D eigenvalue weighted by atomic mass is 79.9. The molecular formula is C11H12BrFO3. The third-order valence-corrected chi connectivity index (χ3v) is 3.38. The molecule has 0 heterocycles. The largest absolute Gasteiger partial charge is 0.504 e. The van der Waals surface area contributed by atoms with Crippen molar-refractivity contribution in [3.63, 3.8) is 0 Å². The first-order chi connectivity index (χ1) is 7.47. The van der Waals surface area contributed by atoms with E-state index in [1.54, 1.807) is 0 Å². The van der Waals surface area contributed by atoms with Gasteiger partial charge in [-0.3, -0.25) is 0 Å². The van der Waals surface area contributed by atoms with Crippen LogP contribution in [0.25, 0.3) is 0 Å². The molecule has 0 amide bonds. The average Bonchev–Trinajstić information content (AvgIpc) is 2.97. The predicted molar refractivity (Wildman–Crippen MR) is 60.2 cm³/mol. The maximum atomic E-state index is 13.8.